The fourth-order valence-electron chi connectivity index (χ4n) is 2.01. The molecule has 0 bridgehead atoms. The molecule has 122 valence electrons. The lowest BCUT2D eigenvalue weighted by Gasteiger charge is -2.22. The predicted octanol–water partition coefficient (Wildman–Crippen LogP) is 3.52. The Kier molecular flexibility index (Phi) is 7.09. The van der Waals surface area contributed by atoms with Crippen molar-refractivity contribution in [2.24, 2.45) is 5.41 Å². The molecule has 2 N–H and O–H groups in total. The third-order valence-corrected chi connectivity index (χ3v) is 3.82. The number of benzene rings is 1. The van der Waals surface area contributed by atoms with Gasteiger partial charge in [0, 0.05) is 12.2 Å². The van der Waals surface area contributed by atoms with Crippen molar-refractivity contribution in [3.63, 3.8) is 0 Å². The van der Waals surface area contributed by atoms with Gasteiger partial charge < -0.3 is 10.6 Å². The summed E-state index contributed by atoms with van der Waals surface area (Å²) in [4.78, 5) is 24.5. The first-order valence-electron chi connectivity index (χ1n) is 8.10. The van der Waals surface area contributed by atoms with Gasteiger partial charge in [-0.2, -0.15) is 0 Å². The van der Waals surface area contributed by atoms with Crippen LogP contribution in [0.2, 0.25) is 0 Å². The molecule has 2 amide bonds. The molecule has 1 rings (SSSR count). The molecule has 0 saturated heterocycles. The lowest BCUT2D eigenvalue weighted by atomic mass is 9.91. The van der Waals surface area contributed by atoms with Crippen molar-refractivity contribution in [3.8, 4) is 0 Å². The number of aryl methyl sites for hydroxylation is 1. The van der Waals surface area contributed by atoms with E-state index in [9.17, 15) is 9.59 Å². The third kappa shape index (κ3) is 5.17. The van der Waals surface area contributed by atoms with Gasteiger partial charge >= 0.3 is 0 Å². The highest BCUT2D eigenvalue weighted by Gasteiger charge is 2.35. The fourth-order valence-corrected chi connectivity index (χ4v) is 2.01. The van der Waals surface area contributed by atoms with Gasteiger partial charge in [0.15, 0.2) is 0 Å². The highest BCUT2D eigenvalue weighted by Crippen LogP contribution is 2.19. The average molecular weight is 304 g/mol. The third-order valence-electron chi connectivity index (χ3n) is 3.82. The molecule has 0 spiro atoms. The minimum atomic E-state index is -1.09. The average Bonchev–Trinajstić information content (AvgIpc) is 2.51. The summed E-state index contributed by atoms with van der Waals surface area (Å²) < 4.78 is 0. The monoisotopic (exact) mass is 304 g/mol. The molecule has 0 aliphatic carbocycles. The molecule has 4 heteroatoms. The van der Waals surface area contributed by atoms with Gasteiger partial charge in [-0.3, -0.25) is 9.59 Å². The molecule has 0 aromatic heterocycles. The van der Waals surface area contributed by atoms with Gasteiger partial charge in [0.25, 0.3) is 0 Å². The normalized spacial score (nSPS) is 11.1. The summed E-state index contributed by atoms with van der Waals surface area (Å²) in [5.74, 6) is -0.518. The topological polar surface area (TPSA) is 58.2 Å². The Morgan fingerprint density at radius 3 is 2.18 bits per heavy atom. The van der Waals surface area contributed by atoms with Gasteiger partial charge in [0.05, 0.1) is 0 Å². The molecule has 0 aliphatic heterocycles. The zero-order chi connectivity index (χ0) is 16.6. The number of hydrogen-bond donors (Lipinski definition) is 2. The molecule has 0 saturated carbocycles. The summed E-state index contributed by atoms with van der Waals surface area (Å²) in [6.07, 6.45) is 4.09. The van der Waals surface area contributed by atoms with Gasteiger partial charge in [-0.25, -0.2) is 0 Å². The van der Waals surface area contributed by atoms with Crippen molar-refractivity contribution >= 4 is 17.5 Å². The Morgan fingerprint density at radius 1 is 1.00 bits per heavy atom. The van der Waals surface area contributed by atoms with E-state index in [2.05, 4.69) is 24.5 Å². The first-order valence-corrected chi connectivity index (χ1v) is 8.10. The van der Waals surface area contributed by atoms with Crippen molar-refractivity contribution < 1.29 is 9.59 Å². The maximum Gasteiger partial charge on any atom is 0.239 e. The van der Waals surface area contributed by atoms with E-state index in [4.69, 9.17) is 0 Å². The molecular formula is C18H28N2O2. The van der Waals surface area contributed by atoms with Crippen LogP contribution in [-0.4, -0.2) is 18.4 Å². The van der Waals surface area contributed by atoms with Crippen LogP contribution in [0.4, 0.5) is 5.69 Å². The first kappa shape index (κ1) is 18.2. The Bertz CT molecular complexity index is 492. The van der Waals surface area contributed by atoms with Crippen molar-refractivity contribution in [1.29, 1.82) is 0 Å². The number of unbranched alkanes of at least 4 members (excludes halogenated alkanes) is 2. The number of anilines is 1. The van der Waals surface area contributed by atoms with Gasteiger partial charge in [0.1, 0.15) is 5.41 Å². The molecule has 1 aromatic carbocycles. The zero-order valence-corrected chi connectivity index (χ0v) is 14.2. The molecule has 22 heavy (non-hydrogen) atoms. The minimum Gasteiger partial charge on any atom is -0.355 e. The Hall–Kier alpha value is -1.84. The van der Waals surface area contributed by atoms with Crippen LogP contribution in [0.5, 0.6) is 0 Å². The molecular weight excluding hydrogens is 276 g/mol. The Balaban J connectivity index is 2.58. The van der Waals surface area contributed by atoms with Crippen molar-refractivity contribution in [2.45, 2.75) is 53.4 Å². The lowest BCUT2D eigenvalue weighted by molar-refractivity contribution is -0.138. The highest BCUT2D eigenvalue weighted by atomic mass is 16.2. The van der Waals surface area contributed by atoms with Crippen LogP contribution >= 0.6 is 0 Å². The molecule has 0 fully saturated rings. The second-order valence-electron chi connectivity index (χ2n) is 6.09. The quantitative estimate of drug-likeness (QED) is 0.570. The van der Waals surface area contributed by atoms with Crippen LogP contribution in [0.25, 0.3) is 0 Å². The molecule has 0 unspecified atom stereocenters. The Labute approximate surface area is 133 Å². The number of hydrogen-bond acceptors (Lipinski definition) is 2. The molecule has 0 radical (unpaired) electrons. The van der Waals surface area contributed by atoms with Crippen molar-refractivity contribution in [2.75, 3.05) is 11.9 Å². The van der Waals surface area contributed by atoms with E-state index in [1.807, 2.05) is 24.3 Å². The summed E-state index contributed by atoms with van der Waals surface area (Å²) >= 11 is 0. The summed E-state index contributed by atoms with van der Waals surface area (Å²) in [5, 5.41) is 5.66. The van der Waals surface area contributed by atoms with Crippen molar-refractivity contribution in [1.82, 2.24) is 5.32 Å². The number of carbonyl (C=O) groups is 2. The molecule has 0 heterocycles. The maximum absolute atomic E-state index is 12.3. The molecule has 0 atom stereocenters. The van der Waals surface area contributed by atoms with Crippen LogP contribution in [-0.2, 0) is 16.0 Å². The van der Waals surface area contributed by atoms with E-state index >= 15 is 0 Å². The van der Waals surface area contributed by atoms with E-state index in [-0.39, 0.29) is 11.8 Å². The number of amides is 2. The predicted molar refractivity (Wildman–Crippen MR) is 90.8 cm³/mol. The SMILES string of the molecule is CCCCCNC(=O)C(C)(C)C(=O)Nc1ccc(CC)cc1. The van der Waals surface area contributed by atoms with E-state index < -0.39 is 5.41 Å². The van der Waals surface area contributed by atoms with E-state index in [0.717, 1.165) is 25.7 Å². The number of nitrogens with one attached hydrogen (secondary N) is 2. The Morgan fingerprint density at radius 2 is 1.64 bits per heavy atom. The molecule has 1 aromatic rings. The van der Waals surface area contributed by atoms with Crippen LogP contribution in [0, 0.1) is 5.41 Å². The van der Waals surface area contributed by atoms with Gasteiger partial charge in [-0.1, -0.05) is 38.8 Å². The second-order valence-corrected chi connectivity index (χ2v) is 6.09. The van der Waals surface area contributed by atoms with Gasteiger partial charge in [-0.15, -0.1) is 0 Å². The summed E-state index contributed by atoms with van der Waals surface area (Å²) in [7, 11) is 0. The largest absolute Gasteiger partial charge is 0.355 e. The molecule has 4 nitrogen and oxygen atoms in total. The van der Waals surface area contributed by atoms with Crippen molar-refractivity contribution in [3.05, 3.63) is 29.8 Å². The van der Waals surface area contributed by atoms with Crippen LogP contribution < -0.4 is 10.6 Å². The minimum absolute atomic E-state index is 0.230. The van der Waals surface area contributed by atoms with E-state index in [1.54, 1.807) is 13.8 Å². The number of rotatable bonds is 8. The summed E-state index contributed by atoms with van der Waals surface area (Å²) in [6, 6.07) is 7.69. The van der Waals surface area contributed by atoms with Crippen LogP contribution in [0.15, 0.2) is 24.3 Å². The zero-order valence-electron chi connectivity index (χ0n) is 14.2. The van der Waals surface area contributed by atoms with Gasteiger partial charge in [-0.05, 0) is 44.4 Å². The standard InChI is InChI=1S/C18H28N2O2/c1-5-7-8-13-19-16(21)18(3,4)17(22)20-15-11-9-14(6-2)10-12-15/h9-12H,5-8,13H2,1-4H3,(H,19,21)(H,20,22). The smallest absolute Gasteiger partial charge is 0.239 e. The highest BCUT2D eigenvalue weighted by molar-refractivity contribution is 6.09. The number of carbonyl (C=O) groups excluding carboxylic acids is 2. The second kappa shape index (κ2) is 8.57. The lowest BCUT2D eigenvalue weighted by Crippen LogP contribution is -2.45. The fraction of sp³-hybridized carbons (Fsp3) is 0.556. The maximum atomic E-state index is 12.3. The van der Waals surface area contributed by atoms with Crippen LogP contribution in [0.3, 0.4) is 0 Å². The van der Waals surface area contributed by atoms with E-state index in [0.29, 0.717) is 12.2 Å². The van der Waals surface area contributed by atoms with E-state index in [1.165, 1.54) is 5.56 Å². The molecule has 0 aliphatic rings. The summed E-state index contributed by atoms with van der Waals surface area (Å²) in [6.45, 7) is 8.12. The summed E-state index contributed by atoms with van der Waals surface area (Å²) in [5.41, 5.74) is 0.843. The van der Waals surface area contributed by atoms with Crippen LogP contribution in [0.1, 0.15) is 52.5 Å². The first-order chi connectivity index (χ1) is 10.4. The van der Waals surface area contributed by atoms with Gasteiger partial charge in [0.2, 0.25) is 11.8 Å².